The van der Waals surface area contributed by atoms with Gasteiger partial charge < -0.3 is 10.1 Å². The summed E-state index contributed by atoms with van der Waals surface area (Å²) >= 11 is 0. The Hall–Kier alpha value is -2.07. The van der Waals surface area contributed by atoms with E-state index in [2.05, 4.69) is 5.32 Å². The second kappa shape index (κ2) is 8.54. The summed E-state index contributed by atoms with van der Waals surface area (Å²) in [6.07, 6.45) is 1.29. The molecule has 1 aliphatic rings. The maximum atomic E-state index is 13.1. The van der Waals surface area contributed by atoms with Crippen molar-refractivity contribution in [3.05, 3.63) is 29.8 Å². The summed E-state index contributed by atoms with van der Waals surface area (Å²) in [6.45, 7) is 1.31. The molecular formula is C16H20F2N2O5S. The lowest BCUT2D eigenvalue weighted by Gasteiger charge is -2.22. The van der Waals surface area contributed by atoms with E-state index in [0.29, 0.717) is 19.3 Å². The Kier molecular flexibility index (Phi) is 6.65. The van der Waals surface area contributed by atoms with Crippen molar-refractivity contribution in [3.63, 3.8) is 0 Å². The molecule has 0 spiro atoms. The lowest BCUT2D eigenvalue weighted by molar-refractivity contribution is -0.150. The summed E-state index contributed by atoms with van der Waals surface area (Å²) in [5.74, 6) is -3.78. The molecule has 0 bridgehead atoms. The predicted molar refractivity (Wildman–Crippen MR) is 89.8 cm³/mol. The topological polar surface area (TPSA) is 92.8 Å². The molecule has 1 atom stereocenters. The van der Waals surface area contributed by atoms with Gasteiger partial charge in [0.25, 0.3) is 5.91 Å². The molecule has 1 aliphatic heterocycles. The summed E-state index contributed by atoms with van der Waals surface area (Å²) in [6, 6.07) is 1.87. The summed E-state index contributed by atoms with van der Waals surface area (Å²) in [7, 11) is -3.55. The molecule has 2 rings (SSSR count). The summed E-state index contributed by atoms with van der Waals surface area (Å²) < 4.78 is 56.3. The molecule has 1 aromatic rings. The fourth-order valence-electron chi connectivity index (χ4n) is 2.69. The first-order valence-corrected chi connectivity index (χ1v) is 9.76. The van der Waals surface area contributed by atoms with Crippen molar-refractivity contribution < 1.29 is 31.5 Å². The van der Waals surface area contributed by atoms with Gasteiger partial charge in [-0.3, -0.25) is 9.59 Å². The highest BCUT2D eigenvalue weighted by Crippen LogP contribution is 2.23. The predicted octanol–water partition coefficient (Wildman–Crippen LogP) is 1.65. The van der Waals surface area contributed by atoms with Crippen molar-refractivity contribution in [2.75, 3.05) is 24.2 Å². The highest BCUT2D eigenvalue weighted by molar-refractivity contribution is 7.89. The van der Waals surface area contributed by atoms with Gasteiger partial charge in [-0.15, -0.1) is 0 Å². The summed E-state index contributed by atoms with van der Waals surface area (Å²) in [5, 5.41) is 2.26. The third-order valence-electron chi connectivity index (χ3n) is 3.84. The van der Waals surface area contributed by atoms with Crippen LogP contribution in [0, 0.1) is 11.6 Å². The van der Waals surface area contributed by atoms with Crippen LogP contribution in [-0.4, -0.2) is 49.5 Å². The highest BCUT2D eigenvalue weighted by Gasteiger charge is 2.39. The Balaban J connectivity index is 1.91. The van der Waals surface area contributed by atoms with Crippen molar-refractivity contribution in [3.8, 4) is 0 Å². The number of halogens is 2. The van der Waals surface area contributed by atoms with Gasteiger partial charge in [0, 0.05) is 18.3 Å². The number of nitrogens with zero attached hydrogens (tertiary/aromatic N) is 1. The number of amides is 1. The molecule has 10 heteroatoms. The van der Waals surface area contributed by atoms with E-state index < -0.39 is 46.2 Å². The minimum Gasteiger partial charge on any atom is -0.454 e. The minimum absolute atomic E-state index is 0.0120. The molecule has 26 heavy (non-hydrogen) atoms. The number of hydrogen-bond acceptors (Lipinski definition) is 5. The van der Waals surface area contributed by atoms with E-state index in [9.17, 15) is 26.8 Å². The lowest BCUT2D eigenvalue weighted by atomic mass is 10.2. The highest BCUT2D eigenvalue weighted by atomic mass is 32.2. The smallest absolute Gasteiger partial charge is 0.324 e. The van der Waals surface area contributed by atoms with Crippen LogP contribution in [0.15, 0.2) is 18.2 Å². The van der Waals surface area contributed by atoms with Gasteiger partial charge in [0.05, 0.1) is 5.75 Å². The van der Waals surface area contributed by atoms with Crippen LogP contribution in [0.25, 0.3) is 0 Å². The number of hydrogen-bond donors (Lipinski definition) is 1. The first-order chi connectivity index (χ1) is 12.2. The Morgan fingerprint density at radius 2 is 2.04 bits per heavy atom. The van der Waals surface area contributed by atoms with Gasteiger partial charge in [-0.1, -0.05) is 6.92 Å². The molecule has 1 fully saturated rings. The Bertz CT molecular complexity index is 785. The van der Waals surface area contributed by atoms with Crippen LogP contribution in [-0.2, 0) is 24.3 Å². The fourth-order valence-corrected chi connectivity index (χ4v) is 4.42. The van der Waals surface area contributed by atoms with Crippen LogP contribution in [0.2, 0.25) is 0 Å². The SMILES string of the molecule is CCCS(=O)(=O)N1CCCC1C(=O)OCC(=O)Nc1ccc(F)c(F)c1. The molecule has 0 saturated carbocycles. The summed E-state index contributed by atoms with van der Waals surface area (Å²) in [4.78, 5) is 23.9. The normalized spacial score (nSPS) is 17.9. The van der Waals surface area contributed by atoms with E-state index in [1.807, 2.05) is 0 Å². The van der Waals surface area contributed by atoms with Crippen molar-refractivity contribution >= 4 is 27.6 Å². The zero-order valence-corrected chi connectivity index (χ0v) is 15.0. The monoisotopic (exact) mass is 390 g/mol. The molecule has 1 unspecified atom stereocenters. The fraction of sp³-hybridized carbons (Fsp3) is 0.500. The number of carbonyl (C=O) groups excluding carboxylic acids is 2. The maximum absolute atomic E-state index is 13.1. The molecule has 1 N–H and O–H groups in total. The van der Waals surface area contributed by atoms with Gasteiger partial charge in [-0.25, -0.2) is 17.2 Å². The van der Waals surface area contributed by atoms with Gasteiger partial charge in [0.2, 0.25) is 10.0 Å². The molecule has 0 aliphatic carbocycles. The van der Waals surface area contributed by atoms with E-state index in [1.165, 1.54) is 0 Å². The largest absolute Gasteiger partial charge is 0.454 e. The lowest BCUT2D eigenvalue weighted by Crippen LogP contribution is -2.43. The van der Waals surface area contributed by atoms with E-state index in [0.717, 1.165) is 22.5 Å². The molecule has 144 valence electrons. The number of benzene rings is 1. The number of ether oxygens (including phenoxy) is 1. The minimum atomic E-state index is -3.55. The van der Waals surface area contributed by atoms with Crippen LogP contribution in [0.1, 0.15) is 26.2 Å². The Labute approximate surface area is 150 Å². The first kappa shape index (κ1) is 20.2. The Morgan fingerprint density at radius 1 is 1.31 bits per heavy atom. The van der Waals surface area contributed by atoms with E-state index in [-0.39, 0.29) is 18.0 Å². The van der Waals surface area contributed by atoms with Gasteiger partial charge in [0.1, 0.15) is 6.04 Å². The average Bonchev–Trinajstić information content (AvgIpc) is 3.07. The molecule has 1 heterocycles. The quantitative estimate of drug-likeness (QED) is 0.715. The van der Waals surface area contributed by atoms with Gasteiger partial charge >= 0.3 is 5.97 Å². The van der Waals surface area contributed by atoms with Crippen molar-refractivity contribution in [1.82, 2.24) is 4.31 Å². The number of anilines is 1. The van der Waals surface area contributed by atoms with Crippen molar-refractivity contribution in [2.45, 2.75) is 32.2 Å². The molecule has 1 saturated heterocycles. The molecule has 1 amide bonds. The van der Waals surface area contributed by atoms with E-state index >= 15 is 0 Å². The van der Waals surface area contributed by atoms with Crippen LogP contribution < -0.4 is 5.32 Å². The molecule has 7 nitrogen and oxygen atoms in total. The molecular weight excluding hydrogens is 370 g/mol. The van der Waals surface area contributed by atoms with E-state index in [4.69, 9.17) is 4.74 Å². The van der Waals surface area contributed by atoms with Crippen LogP contribution in [0.5, 0.6) is 0 Å². The zero-order chi connectivity index (χ0) is 19.3. The average molecular weight is 390 g/mol. The van der Waals surface area contributed by atoms with Crippen LogP contribution in [0.4, 0.5) is 14.5 Å². The number of sulfonamides is 1. The van der Waals surface area contributed by atoms with Crippen LogP contribution >= 0.6 is 0 Å². The molecule has 0 radical (unpaired) electrons. The number of esters is 1. The zero-order valence-electron chi connectivity index (χ0n) is 14.2. The van der Waals surface area contributed by atoms with Crippen molar-refractivity contribution in [2.24, 2.45) is 0 Å². The number of rotatable bonds is 7. The van der Waals surface area contributed by atoms with Crippen molar-refractivity contribution in [1.29, 1.82) is 0 Å². The van der Waals surface area contributed by atoms with Crippen LogP contribution in [0.3, 0.4) is 0 Å². The number of carbonyl (C=O) groups is 2. The van der Waals surface area contributed by atoms with Gasteiger partial charge in [0.15, 0.2) is 18.2 Å². The molecule has 0 aromatic heterocycles. The first-order valence-electron chi connectivity index (χ1n) is 8.15. The standard InChI is InChI=1S/C16H20F2N2O5S/c1-2-8-26(23,24)20-7-3-4-14(20)16(22)25-10-15(21)19-11-5-6-12(17)13(18)9-11/h5-6,9,14H,2-4,7-8,10H2,1H3,(H,19,21). The van der Waals surface area contributed by atoms with Gasteiger partial charge in [-0.2, -0.15) is 4.31 Å². The summed E-state index contributed by atoms with van der Waals surface area (Å²) in [5.41, 5.74) is 0.0120. The second-order valence-corrected chi connectivity index (χ2v) is 7.91. The second-order valence-electron chi connectivity index (χ2n) is 5.87. The Morgan fingerprint density at radius 3 is 2.69 bits per heavy atom. The van der Waals surface area contributed by atoms with E-state index in [1.54, 1.807) is 6.92 Å². The third kappa shape index (κ3) is 4.98. The van der Waals surface area contributed by atoms with Gasteiger partial charge in [-0.05, 0) is 31.4 Å². The third-order valence-corrected chi connectivity index (χ3v) is 5.92. The molecule has 1 aromatic carbocycles. The number of nitrogens with one attached hydrogen (secondary N) is 1. The maximum Gasteiger partial charge on any atom is 0.324 e.